The molecule has 1 fully saturated rings. The molecular formula is C26H26Cl2N4O2. The first-order chi connectivity index (χ1) is 16.3. The Bertz CT molecular complexity index is 1230. The van der Waals surface area contributed by atoms with Crippen molar-refractivity contribution in [2.45, 2.75) is 20.4 Å². The van der Waals surface area contributed by atoms with E-state index < -0.39 is 0 Å². The van der Waals surface area contributed by atoms with Gasteiger partial charge >= 0.3 is 0 Å². The van der Waals surface area contributed by atoms with Crippen LogP contribution in [0.15, 0.2) is 54.6 Å². The number of halogens is 2. The van der Waals surface area contributed by atoms with Crippen molar-refractivity contribution in [3.8, 4) is 0 Å². The smallest absolute Gasteiger partial charge is 0.253 e. The summed E-state index contributed by atoms with van der Waals surface area (Å²) in [7, 11) is 0. The van der Waals surface area contributed by atoms with Crippen LogP contribution in [0, 0.1) is 13.8 Å². The molecule has 34 heavy (non-hydrogen) atoms. The number of aromatic nitrogens is 2. The van der Waals surface area contributed by atoms with Gasteiger partial charge in [0.1, 0.15) is 0 Å². The third-order valence-corrected chi connectivity index (χ3v) is 6.70. The number of benzene rings is 2. The van der Waals surface area contributed by atoms with Gasteiger partial charge in [0.05, 0.1) is 12.2 Å². The maximum absolute atomic E-state index is 12.8. The number of nitrogens with zero attached hydrogens (tertiary/aromatic N) is 4. The highest BCUT2D eigenvalue weighted by Gasteiger charge is 2.24. The second kappa shape index (κ2) is 10.5. The number of amides is 2. The molecule has 2 heterocycles. The third-order valence-electron chi connectivity index (χ3n) is 6.08. The van der Waals surface area contributed by atoms with Gasteiger partial charge in [0.25, 0.3) is 5.91 Å². The monoisotopic (exact) mass is 496 g/mol. The van der Waals surface area contributed by atoms with Gasteiger partial charge in [0, 0.05) is 59.1 Å². The predicted octanol–water partition coefficient (Wildman–Crippen LogP) is 4.85. The molecule has 2 aromatic carbocycles. The molecular weight excluding hydrogens is 471 g/mol. The van der Waals surface area contributed by atoms with Crippen molar-refractivity contribution in [1.82, 2.24) is 19.6 Å². The number of hydrogen-bond donors (Lipinski definition) is 0. The molecule has 176 valence electrons. The molecule has 2 amide bonds. The average Bonchev–Trinajstić information content (AvgIpc) is 3.11. The van der Waals surface area contributed by atoms with Crippen molar-refractivity contribution in [2.24, 2.45) is 0 Å². The van der Waals surface area contributed by atoms with E-state index in [1.807, 2.05) is 48.9 Å². The first-order valence-corrected chi connectivity index (χ1v) is 11.9. The zero-order chi connectivity index (χ0) is 24.2. The molecule has 0 bridgehead atoms. The minimum Gasteiger partial charge on any atom is -0.336 e. The zero-order valence-electron chi connectivity index (χ0n) is 19.2. The summed E-state index contributed by atoms with van der Waals surface area (Å²) in [5.41, 5.74) is 4.35. The van der Waals surface area contributed by atoms with Gasteiger partial charge in [-0.15, -0.1) is 0 Å². The summed E-state index contributed by atoms with van der Waals surface area (Å²) in [5.74, 6) is -0.118. The van der Waals surface area contributed by atoms with Crippen LogP contribution in [-0.4, -0.2) is 57.6 Å². The number of carbonyl (C=O) groups excluding carboxylic acids is 2. The van der Waals surface area contributed by atoms with Crippen molar-refractivity contribution in [3.63, 3.8) is 0 Å². The topological polar surface area (TPSA) is 58.4 Å². The molecule has 0 atom stereocenters. The number of hydrogen-bond acceptors (Lipinski definition) is 3. The summed E-state index contributed by atoms with van der Waals surface area (Å²) >= 11 is 12.2. The molecule has 0 N–H and O–H groups in total. The fourth-order valence-electron chi connectivity index (χ4n) is 4.06. The Morgan fingerprint density at radius 2 is 1.59 bits per heavy atom. The van der Waals surface area contributed by atoms with Crippen LogP contribution in [0.2, 0.25) is 10.0 Å². The van der Waals surface area contributed by atoms with Crippen molar-refractivity contribution < 1.29 is 9.59 Å². The van der Waals surface area contributed by atoms with Crippen molar-refractivity contribution >= 4 is 41.1 Å². The van der Waals surface area contributed by atoms with Crippen molar-refractivity contribution in [2.75, 3.05) is 26.2 Å². The normalized spacial score (nSPS) is 14.1. The lowest BCUT2D eigenvalue weighted by molar-refractivity contribution is -0.127. The van der Waals surface area contributed by atoms with Crippen LogP contribution in [-0.2, 0) is 11.3 Å². The molecule has 0 unspecified atom stereocenters. The number of piperazine rings is 1. The minimum atomic E-state index is -0.0729. The first kappa shape index (κ1) is 24.0. The predicted molar refractivity (Wildman–Crippen MR) is 135 cm³/mol. The number of aryl methyl sites for hydroxylation is 1. The van der Waals surface area contributed by atoms with E-state index in [9.17, 15) is 9.59 Å². The summed E-state index contributed by atoms with van der Waals surface area (Å²) in [4.78, 5) is 29.0. The molecule has 1 aromatic heterocycles. The second-order valence-electron chi connectivity index (χ2n) is 8.29. The Morgan fingerprint density at radius 1 is 0.941 bits per heavy atom. The van der Waals surface area contributed by atoms with Gasteiger partial charge in [-0.05, 0) is 55.8 Å². The van der Waals surface area contributed by atoms with Gasteiger partial charge in [-0.2, -0.15) is 5.10 Å². The lowest BCUT2D eigenvalue weighted by Crippen LogP contribution is -2.50. The Labute approximate surface area is 209 Å². The fraction of sp³-hybridized carbons (Fsp3) is 0.269. The molecule has 3 aromatic rings. The molecule has 0 saturated carbocycles. The average molecular weight is 497 g/mol. The van der Waals surface area contributed by atoms with Gasteiger partial charge in [-0.3, -0.25) is 14.3 Å². The Kier molecular flexibility index (Phi) is 7.39. The third kappa shape index (κ3) is 5.34. The van der Waals surface area contributed by atoms with Crippen LogP contribution in [0.1, 0.15) is 32.9 Å². The highest BCUT2D eigenvalue weighted by atomic mass is 35.5. The van der Waals surface area contributed by atoms with E-state index in [4.69, 9.17) is 23.2 Å². The van der Waals surface area contributed by atoms with Gasteiger partial charge in [0.15, 0.2) is 0 Å². The van der Waals surface area contributed by atoms with Crippen LogP contribution in [0.25, 0.3) is 6.08 Å². The number of carbonyl (C=O) groups is 2. The summed E-state index contributed by atoms with van der Waals surface area (Å²) in [6.45, 7) is 6.46. The SMILES string of the molecule is Cc1nn(Cc2ccccc2Cl)c(C)c1/C=C/C(=O)N1CCN(C(=O)c2ccc(Cl)cc2)CC1. The summed E-state index contributed by atoms with van der Waals surface area (Å²) in [6.07, 6.45) is 3.42. The summed E-state index contributed by atoms with van der Waals surface area (Å²) < 4.78 is 1.90. The molecule has 4 rings (SSSR count). The van der Waals surface area contributed by atoms with E-state index in [-0.39, 0.29) is 11.8 Å². The Morgan fingerprint density at radius 3 is 2.26 bits per heavy atom. The van der Waals surface area contributed by atoms with Crippen LogP contribution in [0.5, 0.6) is 0 Å². The maximum Gasteiger partial charge on any atom is 0.253 e. The van der Waals surface area contributed by atoms with Crippen LogP contribution in [0.4, 0.5) is 0 Å². The number of rotatable bonds is 5. The highest BCUT2D eigenvalue weighted by molar-refractivity contribution is 6.31. The quantitative estimate of drug-likeness (QED) is 0.474. The molecule has 0 aliphatic carbocycles. The van der Waals surface area contributed by atoms with Crippen LogP contribution < -0.4 is 0 Å². The van der Waals surface area contributed by atoms with Crippen molar-refractivity contribution in [1.29, 1.82) is 0 Å². The Hall–Kier alpha value is -3.09. The molecule has 8 heteroatoms. The first-order valence-electron chi connectivity index (χ1n) is 11.1. The van der Waals surface area contributed by atoms with E-state index in [0.29, 0.717) is 48.3 Å². The summed E-state index contributed by atoms with van der Waals surface area (Å²) in [6, 6.07) is 14.6. The molecule has 1 saturated heterocycles. The molecule has 0 spiro atoms. The van der Waals surface area contributed by atoms with E-state index in [1.54, 1.807) is 40.1 Å². The van der Waals surface area contributed by atoms with E-state index in [0.717, 1.165) is 22.5 Å². The lowest BCUT2D eigenvalue weighted by atomic mass is 10.1. The molecule has 0 radical (unpaired) electrons. The van der Waals surface area contributed by atoms with Gasteiger partial charge < -0.3 is 9.80 Å². The largest absolute Gasteiger partial charge is 0.336 e. The van der Waals surface area contributed by atoms with E-state index in [1.165, 1.54) is 0 Å². The maximum atomic E-state index is 12.8. The van der Waals surface area contributed by atoms with E-state index in [2.05, 4.69) is 5.10 Å². The van der Waals surface area contributed by atoms with Gasteiger partial charge in [-0.25, -0.2) is 0 Å². The van der Waals surface area contributed by atoms with Crippen molar-refractivity contribution in [3.05, 3.63) is 92.7 Å². The zero-order valence-corrected chi connectivity index (χ0v) is 20.7. The Balaban J connectivity index is 1.37. The molecule has 6 nitrogen and oxygen atoms in total. The lowest BCUT2D eigenvalue weighted by Gasteiger charge is -2.34. The summed E-state index contributed by atoms with van der Waals surface area (Å²) in [5, 5.41) is 5.93. The molecule has 1 aliphatic rings. The van der Waals surface area contributed by atoms with Gasteiger partial charge in [0.2, 0.25) is 5.91 Å². The van der Waals surface area contributed by atoms with Gasteiger partial charge in [-0.1, -0.05) is 41.4 Å². The van der Waals surface area contributed by atoms with Crippen LogP contribution in [0.3, 0.4) is 0 Å². The van der Waals surface area contributed by atoms with E-state index >= 15 is 0 Å². The standard InChI is InChI=1S/C26H26Cl2N4O2/c1-18-23(19(2)32(29-18)17-21-5-3-4-6-24(21)28)11-12-25(33)30-13-15-31(16-14-30)26(34)20-7-9-22(27)10-8-20/h3-12H,13-17H2,1-2H3/b12-11+. The fourth-order valence-corrected chi connectivity index (χ4v) is 4.38. The highest BCUT2D eigenvalue weighted by Crippen LogP contribution is 2.20. The van der Waals surface area contributed by atoms with Crippen LogP contribution >= 0.6 is 23.2 Å². The molecule has 1 aliphatic heterocycles. The second-order valence-corrected chi connectivity index (χ2v) is 9.13. The minimum absolute atomic E-state index is 0.0449.